The molecule has 0 radical (unpaired) electrons. The van der Waals surface area contributed by atoms with Gasteiger partial charge in [0.05, 0.1) is 5.69 Å². The highest BCUT2D eigenvalue weighted by Crippen LogP contribution is 2.08. The second kappa shape index (κ2) is 6.84. The number of hydrogen-bond acceptors (Lipinski definition) is 3. The lowest BCUT2D eigenvalue weighted by Crippen LogP contribution is -2.24. The molecule has 20 heavy (non-hydrogen) atoms. The lowest BCUT2D eigenvalue weighted by molar-refractivity contribution is 0.0952. The lowest BCUT2D eigenvalue weighted by atomic mass is 10.1. The average molecular weight is 272 g/mol. The minimum atomic E-state index is -0.0288. The molecule has 0 aliphatic rings. The Bertz CT molecular complexity index is 532. The van der Waals surface area contributed by atoms with Crippen LogP contribution in [0.1, 0.15) is 37.0 Å². The first-order valence-electron chi connectivity index (χ1n) is 6.90. The molecule has 1 amide bonds. The molecule has 1 heterocycles. The Hall–Kier alpha value is -2.17. The maximum Gasteiger partial charge on any atom is 0.251 e. The van der Waals surface area contributed by atoms with Crippen LogP contribution in [-0.2, 0) is 0 Å². The maximum absolute atomic E-state index is 11.9. The Balaban J connectivity index is 1.88. The van der Waals surface area contributed by atoms with Crippen LogP contribution in [0, 0.1) is 5.92 Å². The summed E-state index contributed by atoms with van der Waals surface area (Å²) in [7, 11) is 0. The molecule has 0 aliphatic carbocycles. The van der Waals surface area contributed by atoms with Gasteiger partial charge in [-0.1, -0.05) is 13.8 Å². The minimum Gasteiger partial charge on any atom is -0.352 e. The summed E-state index contributed by atoms with van der Waals surface area (Å²) in [4.78, 5) is 15.8. The van der Waals surface area contributed by atoms with Crippen molar-refractivity contribution >= 4 is 5.91 Å². The first-order chi connectivity index (χ1) is 9.66. The first-order valence-corrected chi connectivity index (χ1v) is 6.90. The summed E-state index contributed by atoms with van der Waals surface area (Å²) < 4.78 is 1.66. The highest BCUT2D eigenvalue weighted by atomic mass is 16.1. The highest BCUT2D eigenvalue weighted by molar-refractivity contribution is 5.94. The van der Waals surface area contributed by atoms with Gasteiger partial charge in [0.1, 0.15) is 12.7 Å². The Labute approximate surface area is 119 Å². The van der Waals surface area contributed by atoms with Crippen molar-refractivity contribution in [1.29, 1.82) is 0 Å². The van der Waals surface area contributed by atoms with Gasteiger partial charge in [0.25, 0.3) is 5.91 Å². The predicted octanol–water partition coefficient (Wildman–Crippen LogP) is 2.43. The van der Waals surface area contributed by atoms with Gasteiger partial charge in [-0.05, 0) is 43.0 Å². The van der Waals surface area contributed by atoms with Crippen molar-refractivity contribution in [3.8, 4) is 5.69 Å². The van der Waals surface area contributed by atoms with Crippen LogP contribution in [0.15, 0.2) is 36.9 Å². The van der Waals surface area contributed by atoms with Crippen LogP contribution in [0.25, 0.3) is 5.69 Å². The normalized spacial score (nSPS) is 10.8. The molecule has 0 unspecified atom stereocenters. The van der Waals surface area contributed by atoms with E-state index >= 15 is 0 Å². The maximum atomic E-state index is 11.9. The SMILES string of the molecule is CC(C)CCCNC(=O)c1ccc(-n2cncn2)cc1. The Kier molecular flexibility index (Phi) is 4.87. The number of aromatic nitrogens is 3. The summed E-state index contributed by atoms with van der Waals surface area (Å²) in [5, 5.41) is 6.98. The fraction of sp³-hybridized carbons (Fsp3) is 0.400. The van der Waals surface area contributed by atoms with Crippen molar-refractivity contribution in [2.45, 2.75) is 26.7 Å². The summed E-state index contributed by atoms with van der Waals surface area (Å²) in [6, 6.07) is 7.32. The number of benzene rings is 1. The number of rotatable bonds is 6. The van der Waals surface area contributed by atoms with Crippen LogP contribution in [0.2, 0.25) is 0 Å². The van der Waals surface area contributed by atoms with Crippen LogP contribution in [0.5, 0.6) is 0 Å². The van der Waals surface area contributed by atoms with Crippen molar-refractivity contribution < 1.29 is 4.79 Å². The number of amides is 1. The second-order valence-electron chi connectivity index (χ2n) is 5.18. The van der Waals surface area contributed by atoms with E-state index in [4.69, 9.17) is 0 Å². The molecule has 0 bridgehead atoms. The summed E-state index contributed by atoms with van der Waals surface area (Å²) in [6.45, 7) is 5.09. The van der Waals surface area contributed by atoms with Crippen molar-refractivity contribution in [1.82, 2.24) is 20.1 Å². The van der Waals surface area contributed by atoms with Gasteiger partial charge in [0.2, 0.25) is 0 Å². The van der Waals surface area contributed by atoms with Gasteiger partial charge in [-0.2, -0.15) is 5.10 Å². The third-order valence-corrected chi connectivity index (χ3v) is 3.06. The van der Waals surface area contributed by atoms with E-state index in [9.17, 15) is 4.79 Å². The summed E-state index contributed by atoms with van der Waals surface area (Å²) in [5.74, 6) is 0.646. The van der Waals surface area contributed by atoms with Crippen LogP contribution < -0.4 is 5.32 Å². The van der Waals surface area contributed by atoms with Crippen molar-refractivity contribution in [3.63, 3.8) is 0 Å². The number of nitrogens with one attached hydrogen (secondary N) is 1. The van der Waals surface area contributed by atoms with Crippen molar-refractivity contribution in [3.05, 3.63) is 42.5 Å². The topological polar surface area (TPSA) is 59.8 Å². The smallest absolute Gasteiger partial charge is 0.251 e. The van der Waals surface area contributed by atoms with Crippen LogP contribution in [-0.4, -0.2) is 27.2 Å². The van der Waals surface area contributed by atoms with Gasteiger partial charge in [-0.25, -0.2) is 9.67 Å². The van der Waals surface area contributed by atoms with E-state index in [1.807, 2.05) is 12.1 Å². The molecule has 0 atom stereocenters. The van der Waals surface area contributed by atoms with Crippen molar-refractivity contribution in [2.75, 3.05) is 6.54 Å². The van der Waals surface area contributed by atoms with Gasteiger partial charge in [0, 0.05) is 12.1 Å². The lowest BCUT2D eigenvalue weighted by Gasteiger charge is -2.07. The molecule has 1 aromatic carbocycles. The van der Waals surface area contributed by atoms with Gasteiger partial charge >= 0.3 is 0 Å². The molecular formula is C15H20N4O. The number of carbonyl (C=O) groups excluding carboxylic acids is 1. The molecule has 1 aromatic heterocycles. The number of nitrogens with zero attached hydrogens (tertiary/aromatic N) is 3. The average Bonchev–Trinajstić information content (AvgIpc) is 2.97. The summed E-state index contributed by atoms with van der Waals surface area (Å²) in [5.41, 5.74) is 1.55. The molecule has 2 aromatic rings. The predicted molar refractivity (Wildman–Crippen MR) is 77.8 cm³/mol. The summed E-state index contributed by atoms with van der Waals surface area (Å²) >= 11 is 0. The molecule has 0 spiro atoms. The summed E-state index contributed by atoms with van der Waals surface area (Å²) in [6.07, 6.45) is 5.25. The fourth-order valence-corrected chi connectivity index (χ4v) is 1.92. The Morgan fingerprint density at radius 3 is 2.65 bits per heavy atom. The zero-order valence-corrected chi connectivity index (χ0v) is 11.9. The second-order valence-corrected chi connectivity index (χ2v) is 5.18. The van der Waals surface area contributed by atoms with Gasteiger partial charge < -0.3 is 5.32 Å². The molecule has 5 heteroatoms. The first kappa shape index (κ1) is 14.2. The van der Waals surface area contributed by atoms with E-state index in [-0.39, 0.29) is 5.91 Å². The zero-order chi connectivity index (χ0) is 14.4. The van der Waals surface area contributed by atoms with E-state index in [1.54, 1.807) is 23.1 Å². The molecule has 0 saturated heterocycles. The molecule has 0 fully saturated rings. The van der Waals surface area contributed by atoms with Gasteiger partial charge in [-0.3, -0.25) is 4.79 Å². The van der Waals surface area contributed by atoms with E-state index in [1.165, 1.54) is 6.33 Å². The molecule has 0 aliphatic heterocycles. The van der Waals surface area contributed by atoms with Crippen molar-refractivity contribution in [2.24, 2.45) is 5.92 Å². The van der Waals surface area contributed by atoms with Crippen LogP contribution in [0.4, 0.5) is 0 Å². The van der Waals surface area contributed by atoms with E-state index < -0.39 is 0 Å². The molecule has 5 nitrogen and oxygen atoms in total. The van der Waals surface area contributed by atoms with Gasteiger partial charge in [0.15, 0.2) is 0 Å². The largest absolute Gasteiger partial charge is 0.352 e. The standard InChI is InChI=1S/C15H20N4O/c1-12(2)4-3-9-17-15(20)13-5-7-14(8-6-13)19-11-16-10-18-19/h5-8,10-12H,3-4,9H2,1-2H3,(H,17,20). The highest BCUT2D eigenvalue weighted by Gasteiger charge is 2.05. The number of hydrogen-bond donors (Lipinski definition) is 1. The van der Waals surface area contributed by atoms with Crippen LogP contribution >= 0.6 is 0 Å². The molecular weight excluding hydrogens is 252 g/mol. The molecule has 1 N–H and O–H groups in total. The van der Waals surface area contributed by atoms with Gasteiger partial charge in [-0.15, -0.1) is 0 Å². The third kappa shape index (κ3) is 3.91. The van der Waals surface area contributed by atoms with E-state index in [0.717, 1.165) is 25.1 Å². The van der Waals surface area contributed by atoms with E-state index in [0.29, 0.717) is 11.5 Å². The quantitative estimate of drug-likeness (QED) is 0.822. The Morgan fingerprint density at radius 1 is 1.30 bits per heavy atom. The third-order valence-electron chi connectivity index (χ3n) is 3.06. The van der Waals surface area contributed by atoms with Crippen LogP contribution in [0.3, 0.4) is 0 Å². The zero-order valence-electron chi connectivity index (χ0n) is 11.9. The Morgan fingerprint density at radius 2 is 2.05 bits per heavy atom. The monoisotopic (exact) mass is 272 g/mol. The number of carbonyl (C=O) groups is 1. The fourth-order valence-electron chi connectivity index (χ4n) is 1.92. The molecule has 0 saturated carbocycles. The molecule has 2 rings (SSSR count). The minimum absolute atomic E-state index is 0.0288. The molecule has 106 valence electrons. The van der Waals surface area contributed by atoms with E-state index in [2.05, 4.69) is 29.2 Å².